The Morgan fingerprint density at radius 1 is 1.37 bits per heavy atom. The highest BCUT2D eigenvalue weighted by atomic mass is 16.5. The zero-order chi connectivity index (χ0) is 13.8. The van der Waals surface area contributed by atoms with Crippen molar-refractivity contribution in [2.45, 2.75) is 26.5 Å². The molecule has 0 aliphatic heterocycles. The Bertz CT molecular complexity index is 552. The Labute approximate surface area is 110 Å². The van der Waals surface area contributed by atoms with Crippen LogP contribution < -0.4 is 15.8 Å². The lowest BCUT2D eigenvalue weighted by Crippen LogP contribution is -2.13. The fourth-order valence-electron chi connectivity index (χ4n) is 1.34. The van der Waals surface area contributed by atoms with Gasteiger partial charge in [-0.05, 0) is 13.8 Å². The van der Waals surface area contributed by atoms with E-state index in [0.29, 0.717) is 18.3 Å². The molecule has 0 saturated carbocycles. The average molecular weight is 264 g/mol. The number of nitrogen functional groups attached to an aromatic ring is 1. The molecule has 0 aromatic carbocycles. The third kappa shape index (κ3) is 3.76. The number of nitrogens with one attached hydrogen (secondary N) is 1. The van der Waals surface area contributed by atoms with E-state index in [9.17, 15) is 0 Å². The number of rotatable bonds is 5. The summed E-state index contributed by atoms with van der Waals surface area (Å²) in [5.74, 6) is 1.06. The van der Waals surface area contributed by atoms with E-state index >= 15 is 0 Å². The van der Waals surface area contributed by atoms with Crippen molar-refractivity contribution in [1.29, 1.82) is 0 Å². The van der Waals surface area contributed by atoms with Crippen molar-refractivity contribution in [3.8, 4) is 6.01 Å². The van der Waals surface area contributed by atoms with Crippen LogP contribution in [0.2, 0.25) is 0 Å². The Kier molecular flexibility index (Phi) is 3.74. The third-order valence-electron chi connectivity index (χ3n) is 2.02. The van der Waals surface area contributed by atoms with Crippen LogP contribution in [-0.4, -0.2) is 35.8 Å². The molecule has 2 aromatic heterocycles. The van der Waals surface area contributed by atoms with Gasteiger partial charge in [-0.3, -0.25) is 4.68 Å². The van der Waals surface area contributed by atoms with Crippen LogP contribution in [0.25, 0.3) is 0 Å². The molecular weight excluding hydrogens is 248 g/mol. The third-order valence-corrected chi connectivity index (χ3v) is 2.02. The van der Waals surface area contributed by atoms with Gasteiger partial charge in [-0.15, -0.1) is 0 Å². The molecule has 9 heteroatoms. The predicted octanol–water partition coefficient (Wildman–Crippen LogP) is -0.0184. The standard InChI is InChI=1S/C10H16N8O/c1-6(2)19-10-15-8(11)14-9(16-10)12-4-7-13-5-18(3)17-7/h5-6H,4H2,1-3H3,(H3,11,12,14,15,16). The van der Waals surface area contributed by atoms with Crippen molar-refractivity contribution < 1.29 is 4.74 Å². The summed E-state index contributed by atoms with van der Waals surface area (Å²) in [6, 6.07) is 0.194. The lowest BCUT2D eigenvalue weighted by atomic mass is 10.5. The van der Waals surface area contributed by atoms with E-state index in [1.807, 2.05) is 13.8 Å². The second-order valence-electron chi connectivity index (χ2n) is 4.15. The number of aromatic nitrogens is 6. The summed E-state index contributed by atoms with van der Waals surface area (Å²) < 4.78 is 6.99. The van der Waals surface area contributed by atoms with E-state index in [1.165, 1.54) is 0 Å². The van der Waals surface area contributed by atoms with Gasteiger partial charge in [0.2, 0.25) is 11.9 Å². The van der Waals surface area contributed by atoms with Gasteiger partial charge in [0.05, 0.1) is 12.6 Å². The van der Waals surface area contributed by atoms with Gasteiger partial charge in [0.15, 0.2) is 5.82 Å². The van der Waals surface area contributed by atoms with E-state index in [0.717, 1.165) is 0 Å². The Hall–Kier alpha value is -2.45. The summed E-state index contributed by atoms with van der Waals surface area (Å²) in [5, 5.41) is 7.10. The van der Waals surface area contributed by atoms with Crippen molar-refractivity contribution in [3.05, 3.63) is 12.2 Å². The molecule has 0 bridgehead atoms. The summed E-state index contributed by atoms with van der Waals surface area (Å²) in [7, 11) is 1.80. The van der Waals surface area contributed by atoms with Crippen LogP contribution in [0.4, 0.5) is 11.9 Å². The van der Waals surface area contributed by atoms with E-state index in [1.54, 1.807) is 18.1 Å². The normalized spacial score (nSPS) is 10.7. The summed E-state index contributed by atoms with van der Waals surface area (Å²) >= 11 is 0. The van der Waals surface area contributed by atoms with Crippen molar-refractivity contribution in [1.82, 2.24) is 29.7 Å². The van der Waals surface area contributed by atoms with Crippen molar-refractivity contribution >= 4 is 11.9 Å². The van der Waals surface area contributed by atoms with Gasteiger partial charge in [-0.25, -0.2) is 4.98 Å². The topological polar surface area (TPSA) is 117 Å². The highest BCUT2D eigenvalue weighted by Crippen LogP contribution is 2.10. The molecule has 0 aliphatic carbocycles. The minimum Gasteiger partial charge on any atom is -0.461 e. The fraction of sp³-hybridized carbons (Fsp3) is 0.500. The van der Waals surface area contributed by atoms with Crippen molar-refractivity contribution in [3.63, 3.8) is 0 Å². The van der Waals surface area contributed by atoms with Crippen LogP contribution >= 0.6 is 0 Å². The van der Waals surface area contributed by atoms with Crippen molar-refractivity contribution in [2.24, 2.45) is 7.05 Å². The maximum absolute atomic E-state index is 5.59. The predicted molar refractivity (Wildman–Crippen MR) is 68.3 cm³/mol. The number of nitrogens with zero attached hydrogens (tertiary/aromatic N) is 6. The summed E-state index contributed by atoms with van der Waals surface area (Å²) in [5.41, 5.74) is 5.59. The summed E-state index contributed by atoms with van der Waals surface area (Å²) in [6.07, 6.45) is 1.58. The first-order valence-electron chi connectivity index (χ1n) is 5.79. The Balaban J connectivity index is 2.05. The fourth-order valence-corrected chi connectivity index (χ4v) is 1.34. The average Bonchev–Trinajstić information content (AvgIpc) is 2.71. The van der Waals surface area contributed by atoms with E-state index in [-0.39, 0.29) is 18.1 Å². The minimum absolute atomic E-state index is 0.0351. The molecule has 0 radical (unpaired) electrons. The number of nitrogens with two attached hydrogens (primary N) is 1. The van der Waals surface area contributed by atoms with Gasteiger partial charge in [-0.1, -0.05) is 0 Å². The molecule has 0 fully saturated rings. The molecule has 2 aromatic rings. The second-order valence-corrected chi connectivity index (χ2v) is 4.15. The number of aryl methyl sites for hydroxylation is 1. The molecule has 0 amide bonds. The Morgan fingerprint density at radius 2 is 2.16 bits per heavy atom. The lowest BCUT2D eigenvalue weighted by Gasteiger charge is -2.09. The monoisotopic (exact) mass is 264 g/mol. The molecule has 0 unspecified atom stereocenters. The largest absolute Gasteiger partial charge is 0.461 e. The molecule has 9 nitrogen and oxygen atoms in total. The minimum atomic E-state index is -0.0351. The highest BCUT2D eigenvalue weighted by Gasteiger charge is 2.07. The van der Waals surface area contributed by atoms with Gasteiger partial charge < -0.3 is 15.8 Å². The molecular formula is C10H16N8O. The second kappa shape index (κ2) is 5.46. The zero-order valence-corrected chi connectivity index (χ0v) is 11.0. The molecule has 0 spiro atoms. The summed E-state index contributed by atoms with van der Waals surface area (Å²) in [6.45, 7) is 4.15. The number of anilines is 2. The maximum Gasteiger partial charge on any atom is 0.323 e. The van der Waals surface area contributed by atoms with Gasteiger partial charge in [0, 0.05) is 7.05 Å². The molecule has 2 rings (SSSR count). The molecule has 0 aliphatic rings. The smallest absolute Gasteiger partial charge is 0.323 e. The molecule has 102 valence electrons. The van der Waals surface area contributed by atoms with Crippen LogP contribution in [-0.2, 0) is 13.6 Å². The molecule has 0 saturated heterocycles. The zero-order valence-electron chi connectivity index (χ0n) is 11.0. The van der Waals surface area contributed by atoms with Gasteiger partial charge in [-0.2, -0.15) is 20.1 Å². The summed E-state index contributed by atoms with van der Waals surface area (Å²) in [4.78, 5) is 16.0. The van der Waals surface area contributed by atoms with Crippen LogP contribution in [0, 0.1) is 0 Å². The number of ether oxygens (including phenoxy) is 1. The van der Waals surface area contributed by atoms with E-state index in [4.69, 9.17) is 10.5 Å². The highest BCUT2D eigenvalue weighted by molar-refractivity contribution is 5.32. The lowest BCUT2D eigenvalue weighted by molar-refractivity contribution is 0.222. The van der Waals surface area contributed by atoms with E-state index in [2.05, 4.69) is 30.4 Å². The van der Waals surface area contributed by atoms with Crippen LogP contribution in [0.5, 0.6) is 6.01 Å². The molecule has 0 atom stereocenters. The SMILES string of the molecule is CC(C)Oc1nc(N)nc(NCc2ncn(C)n2)n1. The molecule has 3 N–H and O–H groups in total. The quantitative estimate of drug-likeness (QED) is 0.773. The molecule has 19 heavy (non-hydrogen) atoms. The Morgan fingerprint density at radius 3 is 2.79 bits per heavy atom. The van der Waals surface area contributed by atoms with Crippen LogP contribution in [0.3, 0.4) is 0 Å². The van der Waals surface area contributed by atoms with Crippen LogP contribution in [0.1, 0.15) is 19.7 Å². The van der Waals surface area contributed by atoms with Gasteiger partial charge in [0.1, 0.15) is 6.33 Å². The first-order chi connectivity index (χ1) is 9.02. The molecule has 2 heterocycles. The van der Waals surface area contributed by atoms with Crippen LogP contribution in [0.15, 0.2) is 6.33 Å². The van der Waals surface area contributed by atoms with Gasteiger partial charge >= 0.3 is 6.01 Å². The number of hydrogen-bond donors (Lipinski definition) is 2. The first kappa shape index (κ1) is 13.0. The first-order valence-corrected chi connectivity index (χ1v) is 5.79. The van der Waals surface area contributed by atoms with Crippen molar-refractivity contribution in [2.75, 3.05) is 11.1 Å². The number of hydrogen-bond acceptors (Lipinski definition) is 8. The van der Waals surface area contributed by atoms with Gasteiger partial charge in [0.25, 0.3) is 0 Å². The van der Waals surface area contributed by atoms with E-state index < -0.39 is 0 Å². The maximum atomic E-state index is 5.59.